The van der Waals surface area contributed by atoms with Crippen molar-refractivity contribution in [2.45, 2.75) is 17.9 Å². The van der Waals surface area contributed by atoms with E-state index < -0.39 is 32.7 Å². The largest absolute Gasteiger partial charge is 0.480 e. The van der Waals surface area contributed by atoms with E-state index in [1.807, 2.05) is 4.72 Å². The van der Waals surface area contributed by atoms with Gasteiger partial charge in [0.25, 0.3) is 0 Å². The summed E-state index contributed by atoms with van der Waals surface area (Å²) < 4.78 is 38.6. The minimum atomic E-state index is -4.25. The number of hydrogen-bond donors (Lipinski definition) is 2. The van der Waals surface area contributed by atoms with Gasteiger partial charge in [-0.2, -0.15) is 4.72 Å². The summed E-state index contributed by atoms with van der Waals surface area (Å²) in [4.78, 5) is 9.83. The van der Waals surface area contributed by atoms with Crippen LogP contribution in [0.25, 0.3) is 0 Å². The van der Waals surface area contributed by atoms with Gasteiger partial charge >= 0.3 is 5.97 Å². The van der Waals surface area contributed by atoms with E-state index in [2.05, 4.69) is 0 Å². The third-order valence-electron chi connectivity index (χ3n) is 1.91. The lowest BCUT2D eigenvalue weighted by molar-refractivity contribution is -0.138. The molecule has 94 valence electrons. The molecule has 0 amide bonds. The molecule has 1 aromatic rings. The zero-order valence-corrected chi connectivity index (χ0v) is 10.2. The molecule has 5 nitrogen and oxygen atoms in total. The third-order valence-corrected chi connectivity index (χ3v) is 3.76. The Hall–Kier alpha value is -1.18. The summed E-state index contributed by atoms with van der Waals surface area (Å²) in [6.45, 7) is 1.13. The zero-order chi connectivity index (χ0) is 13.2. The van der Waals surface area contributed by atoms with Gasteiger partial charge in [0.15, 0.2) is 5.82 Å². The smallest absolute Gasteiger partial charge is 0.321 e. The van der Waals surface area contributed by atoms with Gasteiger partial charge in [-0.1, -0.05) is 17.7 Å². The van der Waals surface area contributed by atoms with E-state index in [1.54, 1.807) is 0 Å². The summed E-state index contributed by atoms with van der Waals surface area (Å²) in [5, 5.41) is 8.22. The van der Waals surface area contributed by atoms with E-state index in [1.165, 1.54) is 12.1 Å². The van der Waals surface area contributed by atoms with Crippen molar-refractivity contribution in [3.63, 3.8) is 0 Å². The molecule has 1 atom stereocenters. The predicted octanol–water partition coefficient (Wildman–Crippen LogP) is 1.23. The highest BCUT2D eigenvalue weighted by atomic mass is 35.5. The van der Waals surface area contributed by atoms with Crippen molar-refractivity contribution in [1.29, 1.82) is 0 Å². The quantitative estimate of drug-likeness (QED) is 0.869. The van der Waals surface area contributed by atoms with E-state index in [0.717, 1.165) is 13.0 Å². The zero-order valence-electron chi connectivity index (χ0n) is 8.65. The molecule has 0 unspecified atom stereocenters. The summed E-state index contributed by atoms with van der Waals surface area (Å²) in [5.74, 6) is -2.48. The molecule has 0 fully saturated rings. The Kier molecular flexibility index (Phi) is 4.07. The van der Waals surface area contributed by atoms with E-state index in [-0.39, 0.29) is 5.02 Å². The average Bonchev–Trinajstić information content (AvgIpc) is 2.21. The van der Waals surface area contributed by atoms with Crippen molar-refractivity contribution >= 4 is 27.6 Å². The van der Waals surface area contributed by atoms with Gasteiger partial charge in [0.1, 0.15) is 10.9 Å². The van der Waals surface area contributed by atoms with Crippen LogP contribution in [0, 0.1) is 5.82 Å². The maximum absolute atomic E-state index is 13.5. The highest BCUT2D eigenvalue weighted by Crippen LogP contribution is 2.21. The lowest BCUT2D eigenvalue weighted by Gasteiger charge is -2.11. The van der Waals surface area contributed by atoms with Crippen molar-refractivity contribution in [2.24, 2.45) is 0 Å². The van der Waals surface area contributed by atoms with Crippen molar-refractivity contribution in [3.8, 4) is 0 Å². The Labute approximate surface area is 102 Å². The fraction of sp³-hybridized carbons (Fsp3) is 0.222. The summed E-state index contributed by atoms with van der Waals surface area (Å²) in [6, 6.07) is 2.08. The molecule has 0 saturated carbocycles. The molecule has 8 heteroatoms. The average molecular weight is 282 g/mol. The first kappa shape index (κ1) is 13.9. The molecule has 17 heavy (non-hydrogen) atoms. The molecule has 0 radical (unpaired) electrons. The number of aliphatic carboxylic acids is 1. The third kappa shape index (κ3) is 3.15. The molecular weight excluding hydrogens is 273 g/mol. The summed E-state index contributed by atoms with van der Waals surface area (Å²) in [7, 11) is -4.25. The highest BCUT2D eigenvalue weighted by Gasteiger charge is 2.25. The van der Waals surface area contributed by atoms with Gasteiger partial charge < -0.3 is 5.11 Å². The molecule has 0 aliphatic carbocycles. The van der Waals surface area contributed by atoms with Gasteiger partial charge in [-0.15, -0.1) is 0 Å². The number of benzene rings is 1. The molecule has 0 aliphatic heterocycles. The predicted molar refractivity (Wildman–Crippen MR) is 58.8 cm³/mol. The van der Waals surface area contributed by atoms with Gasteiger partial charge in [0, 0.05) is 0 Å². The maximum Gasteiger partial charge on any atom is 0.321 e. The van der Waals surface area contributed by atoms with Crippen LogP contribution in [0.3, 0.4) is 0 Å². The minimum absolute atomic E-state index is 0.351. The van der Waals surface area contributed by atoms with Crippen LogP contribution < -0.4 is 4.72 Å². The van der Waals surface area contributed by atoms with E-state index in [9.17, 15) is 17.6 Å². The van der Waals surface area contributed by atoms with E-state index in [0.29, 0.717) is 0 Å². The standard InChI is InChI=1S/C9H9ClFNO4S/c1-5(9(13)14)12-17(15,16)7-4-2-3-6(10)8(7)11/h2-5,12H,1H3,(H,13,14)/t5-/m1/s1. The van der Waals surface area contributed by atoms with Crippen molar-refractivity contribution in [3.05, 3.63) is 29.0 Å². The van der Waals surface area contributed by atoms with Crippen LogP contribution >= 0.6 is 11.6 Å². The Morgan fingerprint density at radius 1 is 1.53 bits per heavy atom. The molecule has 2 N–H and O–H groups in total. The Morgan fingerprint density at radius 2 is 2.12 bits per heavy atom. The highest BCUT2D eigenvalue weighted by molar-refractivity contribution is 7.89. The van der Waals surface area contributed by atoms with Crippen LogP contribution in [0.4, 0.5) is 4.39 Å². The fourth-order valence-corrected chi connectivity index (χ4v) is 2.57. The number of nitrogens with one attached hydrogen (secondary N) is 1. The Balaban J connectivity index is 3.14. The van der Waals surface area contributed by atoms with Crippen LogP contribution in [-0.2, 0) is 14.8 Å². The first-order valence-electron chi connectivity index (χ1n) is 4.45. The van der Waals surface area contributed by atoms with Crippen LogP contribution in [0.1, 0.15) is 6.92 Å². The van der Waals surface area contributed by atoms with Crippen molar-refractivity contribution in [2.75, 3.05) is 0 Å². The SMILES string of the molecule is C[C@@H](NS(=O)(=O)c1cccc(Cl)c1F)C(=O)O. The lowest BCUT2D eigenvalue weighted by Crippen LogP contribution is -2.38. The Bertz CT molecular complexity index is 546. The topological polar surface area (TPSA) is 83.5 Å². The second kappa shape index (κ2) is 4.99. The molecule has 1 rings (SSSR count). The number of carboxylic acid groups (broad SMARTS) is 1. The van der Waals surface area contributed by atoms with E-state index in [4.69, 9.17) is 16.7 Å². The summed E-state index contributed by atoms with van der Waals surface area (Å²) in [6.07, 6.45) is 0. The van der Waals surface area contributed by atoms with E-state index >= 15 is 0 Å². The monoisotopic (exact) mass is 281 g/mol. The van der Waals surface area contributed by atoms with Crippen LogP contribution in [0.2, 0.25) is 5.02 Å². The molecule has 0 aromatic heterocycles. The van der Waals surface area contributed by atoms with Gasteiger partial charge in [-0.3, -0.25) is 4.79 Å². The normalized spacial score (nSPS) is 13.4. The molecule has 0 aliphatic rings. The number of sulfonamides is 1. The first-order valence-corrected chi connectivity index (χ1v) is 6.31. The minimum Gasteiger partial charge on any atom is -0.480 e. The number of carbonyl (C=O) groups is 1. The first-order chi connectivity index (χ1) is 7.75. The van der Waals surface area contributed by atoms with Gasteiger partial charge in [-0.25, -0.2) is 12.8 Å². The number of rotatable bonds is 4. The fourth-order valence-electron chi connectivity index (χ4n) is 1.04. The number of hydrogen-bond acceptors (Lipinski definition) is 3. The molecule has 1 aromatic carbocycles. The molecular formula is C9H9ClFNO4S. The second-order valence-electron chi connectivity index (χ2n) is 3.23. The lowest BCUT2D eigenvalue weighted by atomic mass is 10.3. The molecule has 0 bridgehead atoms. The van der Waals surface area contributed by atoms with Crippen LogP contribution in [-0.4, -0.2) is 25.5 Å². The van der Waals surface area contributed by atoms with Gasteiger partial charge in [0.2, 0.25) is 10.0 Å². The second-order valence-corrected chi connectivity index (χ2v) is 5.32. The van der Waals surface area contributed by atoms with Crippen LogP contribution in [0.5, 0.6) is 0 Å². The molecule has 0 saturated heterocycles. The van der Waals surface area contributed by atoms with Crippen molar-refractivity contribution < 1.29 is 22.7 Å². The number of halogens is 2. The summed E-state index contributed by atoms with van der Waals surface area (Å²) >= 11 is 5.44. The van der Waals surface area contributed by atoms with Crippen molar-refractivity contribution in [1.82, 2.24) is 4.72 Å². The van der Waals surface area contributed by atoms with Gasteiger partial charge in [0.05, 0.1) is 5.02 Å². The van der Waals surface area contributed by atoms with Gasteiger partial charge in [-0.05, 0) is 19.1 Å². The summed E-state index contributed by atoms with van der Waals surface area (Å²) in [5.41, 5.74) is 0. The van der Waals surface area contributed by atoms with Crippen LogP contribution in [0.15, 0.2) is 23.1 Å². The number of carboxylic acids is 1. The molecule has 0 spiro atoms. The maximum atomic E-state index is 13.5. The Morgan fingerprint density at radius 3 is 2.65 bits per heavy atom. The molecule has 0 heterocycles.